The monoisotopic (exact) mass is 209 g/mol. The van der Waals surface area contributed by atoms with Crippen LogP contribution in [0.1, 0.15) is 31.3 Å². The third-order valence-electron chi connectivity index (χ3n) is 1.57. The van der Waals surface area contributed by atoms with Crippen LogP contribution in [0.3, 0.4) is 0 Å². The quantitative estimate of drug-likeness (QED) is 0.789. The van der Waals surface area contributed by atoms with E-state index in [9.17, 15) is 4.79 Å². The van der Waals surface area contributed by atoms with Gasteiger partial charge in [0.1, 0.15) is 0 Å². The summed E-state index contributed by atoms with van der Waals surface area (Å²) in [6, 6.07) is 3.18. The summed E-state index contributed by atoms with van der Waals surface area (Å²) in [5.41, 5.74) is 0.00400. The number of ether oxygens (including phenoxy) is 1. The molecule has 0 unspecified atom stereocenters. The first-order valence-electron chi connectivity index (χ1n) is 4.62. The molecule has 1 amide bonds. The Balaban J connectivity index is 2.75. The fourth-order valence-electron chi connectivity index (χ4n) is 0.955. The third kappa shape index (κ3) is 3.53. The van der Waals surface area contributed by atoms with Crippen LogP contribution in [0.15, 0.2) is 12.1 Å². The highest BCUT2D eigenvalue weighted by Crippen LogP contribution is 2.05. The third-order valence-corrected chi connectivity index (χ3v) is 1.57. The highest BCUT2D eigenvalue weighted by atomic mass is 16.5. The Hall–Kier alpha value is -1.65. The van der Waals surface area contributed by atoms with E-state index in [4.69, 9.17) is 4.74 Å². The van der Waals surface area contributed by atoms with E-state index in [1.54, 1.807) is 12.1 Å². The minimum atomic E-state index is -0.279. The first-order valence-corrected chi connectivity index (χ1v) is 4.62. The number of rotatable bonds is 2. The van der Waals surface area contributed by atoms with Crippen LogP contribution in [0, 0.1) is 0 Å². The Morgan fingerprint density at radius 1 is 1.33 bits per heavy atom. The molecule has 1 rings (SSSR count). The molecule has 82 valence electrons. The molecule has 1 N–H and O–H groups in total. The fourth-order valence-corrected chi connectivity index (χ4v) is 0.955. The zero-order chi connectivity index (χ0) is 11.5. The topological polar surface area (TPSA) is 64.1 Å². The normalized spacial score (nSPS) is 10.9. The van der Waals surface area contributed by atoms with Crippen molar-refractivity contribution in [1.82, 2.24) is 15.5 Å². The molecule has 0 saturated heterocycles. The summed E-state index contributed by atoms with van der Waals surface area (Å²) < 4.78 is 4.84. The van der Waals surface area contributed by atoms with Gasteiger partial charge in [0.25, 0.3) is 5.91 Å². The SMILES string of the molecule is COc1ccc(C(=O)NC(C)(C)C)nn1. The summed E-state index contributed by atoms with van der Waals surface area (Å²) in [5, 5.41) is 10.3. The summed E-state index contributed by atoms with van der Waals surface area (Å²) in [5.74, 6) is 0.153. The van der Waals surface area contributed by atoms with Crippen molar-refractivity contribution in [3.05, 3.63) is 17.8 Å². The standard InChI is InChI=1S/C10H15N3O2/c1-10(2,3)11-9(14)7-5-6-8(15-4)13-12-7/h5-6H,1-4H3,(H,11,14). The molecule has 0 bridgehead atoms. The van der Waals surface area contributed by atoms with E-state index in [0.717, 1.165) is 0 Å². The van der Waals surface area contributed by atoms with Crippen molar-refractivity contribution in [2.75, 3.05) is 7.11 Å². The Morgan fingerprint density at radius 3 is 2.40 bits per heavy atom. The van der Waals surface area contributed by atoms with Crippen LogP contribution in [0.5, 0.6) is 5.88 Å². The second-order valence-electron chi connectivity index (χ2n) is 4.17. The Morgan fingerprint density at radius 2 is 2.00 bits per heavy atom. The number of hydrogen-bond donors (Lipinski definition) is 1. The highest BCUT2D eigenvalue weighted by molar-refractivity contribution is 5.92. The average Bonchev–Trinajstić information content (AvgIpc) is 2.15. The molecule has 1 heterocycles. The maximum atomic E-state index is 11.6. The zero-order valence-corrected chi connectivity index (χ0v) is 9.37. The molecule has 1 aromatic heterocycles. The molecule has 5 nitrogen and oxygen atoms in total. The van der Waals surface area contributed by atoms with Gasteiger partial charge >= 0.3 is 0 Å². The van der Waals surface area contributed by atoms with Gasteiger partial charge in [-0.2, -0.15) is 0 Å². The first kappa shape index (κ1) is 11.4. The molecular formula is C10H15N3O2. The molecule has 0 aliphatic carbocycles. The van der Waals surface area contributed by atoms with Crippen LogP contribution in [-0.4, -0.2) is 28.8 Å². The zero-order valence-electron chi connectivity index (χ0n) is 9.37. The summed E-state index contributed by atoms with van der Waals surface area (Å²) in [4.78, 5) is 11.6. The van der Waals surface area contributed by atoms with E-state index in [2.05, 4.69) is 15.5 Å². The van der Waals surface area contributed by atoms with Crippen LogP contribution in [0.4, 0.5) is 0 Å². The van der Waals surface area contributed by atoms with Crippen LogP contribution in [0.2, 0.25) is 0 Å². The molecule has 0 saturated carbocycles. The van der Waals surface area contributed by atoms with E-state index >= 15 is 0 Å². The number of nitrogens with one attached hydrogen (secondary N) is 1. The lowest BCUT2D eigenvalue weighted by Gasteiger charge is -2.19. The number of carbonyl (C=O) groups is 1. The van der Waals surface area contributed by atoms with Crippen LogP contribution in [0.25, 0.3) is 0 Å². The predicted molar refractivity (Wildman–Crippen MR) is 55.8 cm³/mol. The van der Waals surface area contributed by atoms with Gasteiger partial charge in [0, 0.05) is 11.6 Å². The van der Waals surface area contributed by atoms with E-state index in [-0.39, 0.29) is 17.1 Å². The number of carbonyl (C=O) groups excluding carboxylic acids is 1. The van der Waals surface area contributed by atoms with E-state index in [1.165, 1.54) is 7.11 Å². The minimum absolute atomic E-state index is 0.238. The molecule has 0 spiro atoms. The summed E-state index contributed by atoms with van der Waals surface area (Å²) in [7, 11) is 1.50. The molecule has 1 aromatic rings. The van der Waals surface area contributed by atoms with E-state index in [0.29, 0.717) is 5.88 Å². The van der Waals surface area contributed by atoms with Crippen molar-refractivity contribution >= 4 is 5.91 Å². The lowest BCUT2D eigenvalue weighted by atomic mass is 10.1. The van der Waals surface area contributed by atoms with Crippen LogP contribution >= 0.6 is 0 Å². The molecule has 15 heavy (non-hydrogen) atoms. The van der Waals surface area contributed by atoms with Crippen LogP contribution in [-0.2, 0) is 0 Å². The Kier molecular flexibility index (Phi) is 3.24. The van der Waals surface area contributed by atoms with Gasteiger partial charge in [0.2, 0.25) is 5.88 Å². The largest absolute Gasteiger partial charge is 0.480 e. The van der Waals surface area contributed by atoms with Crippen molar-refractivity contribution < 1.29 is 9.53 Å². The van der Waals surface area contributed by atoms with Crippen molar-refractivity contribution in [2.24, 2.45) is 0 Å². The van der Waals surface area contributed by atoms with Gasteiger partial charge in [0.05, 0.1) is 7.11 Å². The molecule has 5 heteroatoms. The van der Waals surface area contributed by atoms with Gasteiger partial charge < -0.3 is 10.1 Å². The summed E-state index contributed by atoms with van der Waals surface area (Å²) in [6.07, 6.45) is 0. The smallest absolute Gasteiger partial charge is 0.272 e. The maximum absolute atomic E-state index is 11.6. The highest BCUT2D eigenvalue weighted by Gasteiger charge is 2.16. The number of amides is 1. The van der Waals surface area contributed by atoms with Gasteiger partial charge in [-0.1, -0.05) is 0 Å². The van der Waals surface area contributed by atoms with Crippen molar-refractivity contribution in [3.63, 3.8) is 0 Å². The van der Waals surface area contributed by atoms with Crippen molar-refractivity contribution in [2.45, 2.75) is 26.3 Å². The summed E-state index contributed by atoms with van der Waals surface area (Å²) in [6.45, 7) is 5.71. The van der Waals surface area contributed by atoms with Gasteiger partial charge in [-0.3, -0.25) is 4.79 Å². The van der Waals surface area contributed by atoms with Gasteiger partial charge in [-0.05, 0) is 26.8 Å². The maximum Gasteiger partial charge on any atom is 0.272 e. The molecule has 0 aromatic carbocycles. The molecule has 0 aliphatic heterocycles. The molecule has 0 aliphatic rings. The van der Waals surface area contributed by atoms with Crippen molar-refractivity contribution in [1.29, 1.82) is 0 Å². The van der Waals surface area contributed by atoms with E-state index < -0.39 is 0 Å². The van der Waals surface area contributed by atoms with Gasteiger partial charge in [-0.15, -0.1) is 10.2 Å². The molecular weight excluding hydrogens is 194 g/mol. The van der Waals surface area contributed by atoms with Crippen LogP contribution < -0.4 is 10.1 Å². The second-order valence-corrected chi connectivity index (χ2v) is 4.17. The molecule has 0 fully saturated rings. The van der Waals surface area contributed by atoms with E-state index in [1.807, 2.05) is 20.8 Å². The van der Waals surface area contributed by atoms with Gasteiger partial charge in [-0.25, -0.2) is 0 Å². The second kappa shape index (κ2) is 4.25. The lowest BCUT2D eigenvalue weighted by Crippen LogP contribution is -2.41. The number of methoxy groups -OCH3 is 1. The first-order chi connectivity index (χ1) is 6.92. The number of nitrogens with zero attached hydrogens (tertiary/aromatic N) is 2. The minimum Gasteiger partial charge on any atom is -0.480 e. The number of aromatic nitrogens is 2. The lowest BCUT2D eigenvalue weighted by molar-refractivity contribution is 0.0913. The molecule has 0 atom stereocenters. The Bertz CT molecular complexity index is 341. The average molecular weight is 209 g/mol. The fraction of sp³-hybridized carbons (Fsp3) is 0.500. The summed E-state index contributed by atoms with van der Waals surface area (Å²) >= 11 is 0. The van der Waals surface area contributed by atoms with Crippen molar-refractivity contribution in [3.8, 4) is 5.88 Å². The predicted octanol–water partition coefficient (Wildman–Crippen LogP) is 1.01. The Labute approximate surface area is 88.9 Å². The molecule has 0 radical (unpaired) electrons. The van der Waals surface area contributed by atoms with Gasteiger partial charge in [0.15, 0.2) is 5.69 Å². The number of hydrogen-bond acceptors (Lipinski definition) is 4.